The largest absolute Gasteiger partial charge is 0.473 e. The maximum atomic E-state index is 13.3. The fourth-order valence-electron chi connectivity index (χ4n) is 3.74. The number of pyridine rings is 1. The number of furan rings is 1. The van der Waals surface area contributed by atoms with E-state index in [9.17, 15) is 9.18 Å². The number of rotatable bonds is 6. The number of carbonyl (C=O) groups is 1. The van der Waals surface area contributed by atoms with Crippen LogP contribution in [0.4, 0.5) is 4.39 Å². The number of halogens is 1. The van der Waals surface area contributed by atoms with Crippen molar-refractivity contribution < 1.29 is 22.9 Å². The van der Waals surface area contributed by atoms with Crippen molar-refractivity contribution >= 4 is 5.91 Å². The lowest BCUT2D eigenvalue weighted by atomic mass is 10.0. The van der Waals surface area contributed by atoms with Crippen molar-refractivity contribution in [1.82, 2.24) is 15.0 Å². The minimum absolute atomic E-state index is 0.0739. The molecule has 0 saturated carbocycles. The van der Waals surface area contributed by atoms with Crippen LogP contribution < -0.4 is 4.74 Å². The molecular weight excluding hydrogens is 413 g/mol. The minimum Gasteiger partial charge on any atom is -0.473 e. The van der Waals surface area contributed by atoms with Gasteiger partial charge in [-0.25, -0.2) is 9.37 Å². The quantitative estimate of drug-likeness (QED) is 0.444. The van der Waals surface area contributed by atoms with Crippen LogP contribution >= 0.6 is 0 Å². The van der Waals surface area contributed by atoms with Crippen LogP contribution in [0.15, 0.2) is 63.7 Å². The minimum atomic E-state index is -0.317. The van der Waals surface area contributed by atoms with Gasteiger partial charge in [-0.2, -0.15) is 0 Å². The summed E-state index contributed by atoms with van der Waals surface area (Å²) in [5.74, 6) is 1.39. The normalized spacial score (nSPS) is 13.3. The van der Waals surface area contributed by atoms with E-state index >= 15 is 0 Å². The summed E-state index contributed by atoms with van der Waals surface area (Å²) in [5, 5.41) is 4.09. The van der Waals surface area contributed by atoms with Gasteiger partial charge in [0.2, 0.25) is 5.88 Å². The first-order valence-electron chi connectivity index (χ1n) is 10.2. The molecule has 7 nitrogen and oxygen atoms in total. The van der Waals surface area contributed by atoms with E-state index in [1.165, 1.54) is 12.1 Å². The van der Waals surface area contributed by atoms with Crippen molar-refractivity contribution in [2.24, 2.45) is 0 Å². The smallest absolute Gasteiger partial charge is 0.256 e. The molecule has 8 heteroatoms. The lowest BCUT2D eigenvalue weighted by molar-refractivity contribution is 0.0712. The Morgan fingerprint density at radius 3 is 2.78 bits per heavy atom. The molecule has 0 aliphatic carbocycles. The third-order valence-corrected chi connectivity index (χ3v) is 5.48. The van der Waals surface area contributed by atoms with E-state index in [-0.39, 0.29) is 18.3 Å². The maximum absolute atomic E-state index is 13.3. The first-order chi connectivity index (χ1) is 15.6. The molecule has 0 atom stereocenters. The second kappa shape index (κ2) is 8.30. The molecular formula is C24H20FN3O4. The number of benzene rings is 1. The van der Waals surface area contributed by atoms with E-state index in [2.05, 4.69) is 10.1 Å². The van der Waals surface area contributed by atoms with Crippen molar-refractivity contribution in [3.63, 3.8) is 0 Å². The highest BCUT2D eigenvalue weighted by atomic mass is 19.1. The van der Waals surface area contributed by atoms with Gasteiger partial charge in [0.05, 0.1) is 29.6 Å². The van der Waals surface area contributed by atoms with Crippen molar-refractivity contribution in [2.45, 2.75) is 26.5 Å². The first kappa shape index (κ1) is 20.0. The molecule has 0 N–H and O–H groups in total. The molecule has 1 aliphatic rings. The monoisotopic (exact) mass is 433 g/mol. The van der Waals surface area contributed by atoms with Gasteiger partial charge < -0.3 is 18.6 Å². The van der Waals surface area contributed by atoms with Gasteiger partial charge in [-0.05, 0) is 49.4 Å². The van der Waals surface area contributed by atoms with Crippen molar-refractivity contribution in [3.8, 4) is 17.1 Å². The van der Waals surface area contributed by atoms with Crippen LogP contribution in [0.5, 0.6) is 5.88 Å². The Morgan fingerprint density at radius 1 is 1.16 bits per heavy atom. The Labute approximate surface area is 183 Å². The Bertz CT molecular complexity index is 1250. The second-order valence-electron chi connectivity index (χ2n) is 7.56. The molecule has 0 unspecified atom stereocenters. The molecule has 5 rings (SSSR count). The summed E-state index contributed by atoms with van der Waals surface area (Å²) in [5.41, 5.74) is 3.39. The third-order valence-electron chi connectivity index (χ3n) is 5.48. The molecule has 1 aromatic carbocycles. The van der Waals surface area contributed by atoms with Crippen molar-refractivity contribution in [3.05, 3.63) is 89.0 Å². The van der Waals surface area contributed by atoms with E-state index in [0.29, 0.717) is 48.1 Å². The number of fused-ring (bicyclic) bond motifs is 1. The number of nitrogens with zero attached hydrogens (tertiary/aromatic N) is 3. The molecule has 0 spiro atoms. The van der Waals surface area contributed by atoms with Crippen molar-refractivity contribution in [1.29, 1.82) is 0 Å². The van der Waals surface area contributed by atoms with Crippen molar-refractivity contribution in [2.75, 3.05) is 6.54 Å². The molecule has 1 amide bonds. The number of hydrogen-bond donors (Lipinski definition) is 0. The SMILES string of the molecule is Cc1onc(-c2ccc(F)cc2)c1COc1ccc2c(n1)CCN(Cc1ccco1)C2=O. The maximum Gasteiger partial charge on any atom is 0.256 e. The molecule has 0 saturated heterocycles. The zero-order chi connectivity index (χ0) is 22.1. The zero-order valence-electron chi connectivity index (χ0n) is 17.4. The Hall–Kier alpha value is -3.94. The lowest BCUT2D eigenvalue weighted by Crippen LogP contribution is -2.37. The molecule has 4 heterocycles. The number of amides is 1. The van der Waals surface area contributed by atoms with Crippen LogP contribution in [0, 0.1) is 12.7 Å². The van der Waals surface area contributed by atoms with Crippen LogP contribution in [0.25, 0.3) is 11.3 Å². The molecule has 3 aromatic heterocycles. The van der Waals surface area contributed by atoms with Gasteiger partial charge in [-0.3, -0.25) is 4.79 Å². The van der Waals surface area contributed by atoms with Crippen LogP contribution in [-0.4, -0.2) is 27.5 Å². The van der Waals surface area contributed by atoms with E-state index < -0.39 is 0 Å². The number of aryl methyl sites for hydroxylation is 1. The van der Waals surface area contributed by atoms with Gasteiger partial charge in [0, 0.05) is 24.6 Å². The average Bonchev–Trinajstić information content (AvgIpc) is 3.44. The Balaban J connectivity index is 1.31. The summed E-state index contributed by atoms with van der Waals surface area (Å²) in [6, 6.07) is 13.1. The van der Waals surface area contributed by atoms with Gasteiger partial charge in [-0.15, -0.1) is 0 Å². The fourth-order valence-corrected chi connectivity index (χ4v) is 3.74. The standard InChI is InChI=1S/C24H20FN3O4/c1-15-20(23(27-32-15)16-4-6-17(25)7-5-16)14-31-22-9-8-19-21(26-22)10-11-28(24(19)29)13-18-3-2-12-30-18/h2-9,12H,10-11,13-14H2,1H3. The summed E-state index contributed by atoms with van der Waals surface area (Å²) in [6.45, 7) is 2.97. The Morgan fingerprint density at radius 2 is 2.00 bits per heavy atom. The summed E-state index contributed by atoms with van der Waals surface area (Å²) in [6.07, 6.45) is 2.23. The highest BCUT2D eigenvalue weighted by molar-refractivity contribution is 5.96. The molecule has 0 bridgehead atoms. The van der Waals surface area contributed by atoms with Gasteiger partial charge in [0.15, 0.2) is 0 Å². The molecule has 0 radical (unpaired) electrons. The average molecular weight is 433 g/mol. The molecule has 1 aliphatic heterocycles. The van der Waals surface area contributed by atoms with E-state index in [1.54, 1.807) is 42.4 Å². The third kappa shape index (κ3) is 3.87. The predicted molar refractivity (Wildman–Crippen MR) is 112 cm³/mol. The molecule has 32 heavy (non-hydrogen) atoms. The number of aromatic nitrogens is 2. The van der Waals surface area contributed by atoms with Gasteiger partial charge >= 0.3 is 0 Å². The summed E-state index contributed by atoms with van der Waals surface area (Å²) in [4.78, 5) is 19.1. The molecule has 4 aromatic rings. The Kier molecular flexibility index (Phi) is 5.18. The summed E-state index contributed by atoms with van der Waals surface area (Å²) < 4.78 is 29.8. The van der Waals surface area contributed by atoms with Gasteiger partial charge in [-0.1, -0.05) is 5.16 Å². The highest BCUT2D eigenvalue weighted by Crippen LogP contribution is 2.27. The number of carbonyl (C=O) groups excluding carboxylic acids is 1. The zero-order valence-corrected chi connectivity index (χ0v) is 17.4. The van der Waals surface area contributed by atoms with Crippen LogP contribution in [0.2, 0.25) is 0 Å². The number of hydrogen-bond acceptors (Lipinski definition) is 6. The fraction of sp³-hybridized carbons (Fsp3) is 0.208. The molecule has 162 valence electrons. The van der Waals surface area contributed by atoms with Gasteiger partial charge in [0.25, 0.3) is 5.91 Å². The van der Waals surface area contributed by atoms with Crippen LogP contribution in [0.3, 0.4) is 0 Å². The van der Waals surface area contributed by atoms with Crippen LogP contribution in [0.1, 0.15) is 33.1 Å². The summed E-state index contributed by atoms with van der Waals surface area (Å²) >= 11 is 0. The van der Waals surface area contributed by atoms with Crippen LogP contribution in [-0.2, 0) is 19.6 Å². The number of ether oxygens (including phenoxy) is 1. The van der Waals surface area contributed by atoms with Gasteiger partial charge in [0.1, 0.15) is 29.6 Å². The second-order valence-corrected chi connectivity index (χ2v) is 7.56. The predicted octanol–water partition coefficient (Wildman–Crippen LogP) is 4.55. The molecule has 0 fully saturated rings. The highest BCUT2D eigenvalue weighted by Gasteiger charge is 2.26. The first-order valence-corrected chi connectivity index (χ1v) is 10.2. The lowest BCUT2D eigenvalue weighted by Gasteiger charge is -2.27. The topological polar surface area (TPSA) is 81.6 Å². The van der Waals surface area contributed by atoms with E-state index in [1.807, 2.05) is 12.1 Å². The van der Waals surface area contributed by atoms with E-state index in [0.717, 1.165) is 16.9 Å². The van der Waals surface area contributed by atoms with E-state index in [4.69, 9.17) is 13.7 Å². The summed E-state index contributed by atoms with van der Waals surface area (Å²) in [7, 11) is 0.